The molecule has 0 spiro atoms. The van der Waals surface area contributed by atoms with Gasteiger partial charge in [0.25, 0.3) is 0 Å². The zero-order valence-corrected chi connectivity index (χ0v) is 19.8. The molecule has 0 bridgehead atoms. The second-order valence-electron chi connectivity index (χ2n) is 8.82. The van der Waals surface area contributed by atoms with Crippen molar-refractivity contribution in [1.29, 1.82) is 0 Å². The second kappa shape index (κ2) is 9.65. The number of methoxy groups -OCH3 is 1. The molecule has 8 nitrogen and oxygen atoms in total. The lowest BCUT2D eigenvalue weighted by Crippen LogP contribution is -2.27. The molecule has 35 heavy (non-hydrogen) atoms. The van der Waals surface area contributed by atoms with E-state index in [1.807, 2.05) is 0 Å². The maximum Gasteiger partial charge on any atom is 0.419 e. The first-order valence-corrected chi connectivity index (χ1v) is 11.0. The molecule has 2 aromatic heterocycles. The number of carbonyl (C=O) groups is 1. The minimum Gasteiger partial charge on any atom is -0.467 e. The average Bonchev–Trinajstić information content (AvgIpc) is 3.18. The van der Waals surface area contributed by atoms with Crippen molar-refractivity contribution in [2.45, 2.75) is 32.8 Å². The van der Waals surface area contributed by atoms with Gasteiger partial charge in [-0.15, -0.1) is 0 Å². The fourth-order valence-electron chi connectivity index (χ4n) is 3.47. The van der Waals surface area contributed by atoms with Crippen molar-refractivity contribution >= 4 is 22.9 Å². The topological polar surface area (TPSA) is 91.2 Å². The molecule has 182 valence electrons. The van der Waals surface area contributed by atoms with Crippen LogP contribution < -0.4 is 10.1 Å². The fourth-order valence-corrected chi connectivity index (χ4v) is 3.47. The molecule has 0 saturated carbocycles. The third-order valence-corrected chi connectivity index (χ3v) is 4.98. The summed E-state index contributed by atoms with van der Waals surface area (Å²) in [6, 6.07) is 11.9. The Bertz CT molecular complexity index is 1360. The first-order valence-electron chi connectivity index (χ1n) is 11.0. The predicted molar refractivity (Wildman–Crippen MR) is 127 cm³/mol. The quantitative estimate of drug-likeness (QED) is 0.404. The third-order valence-electron chi connectivity index (χ3n) is 4.98. The van der Waals surface area contributed by atoms with Gasteiger partial charge in [0.2, 0.25) is 5.95 Å². The van der Waals surface area contributed by atoms with E-state index in [0.717, 1.165) is 5.56 Å². The van der Waals surface area contributed by atoms with E-state index in [9.17, 15) is 13.6 Å². The molecule has 0 aliphatic rings. The van der Waals surface area contributed by atoms with Crippen LogP contribution in [0.2, 0.25) is 0 Å². The number of nitrogens with one attached hydrogen (secondary N) is 1. The monoisotopic (exact) mass is 481 g/mol. The van der Waals surface area contributed by atoms with Gasteiger partial charge in [-0.1, -0.05) is 12.1 Å². The highest BCUT2D eigenvalue weighted by Crippen LogP contribution is 2.29. The highest BCUT2D eigenvalue weighted by Gasteiger charge is 2.25. The van der Waals surface area contributed by atoms with Crippen LogP contribution in [-0.2, 0) is 11.2 Å². The van der Waals surface area contributed by atoms with Gasteiger partial charge in [-0.05, 0) is 69.2 Å². The molecular weight excluding hydrogens is 456 g/mol. The summed E-state index contributed by atoms with van der Waals surface area (Å²) in [5, 5.41) is 3.58. The molecular formula is C25H25F2N5O3. The van der Waals surface area contributed by atoms with Crippen molar-refractivity contribution in [3.63, 3.8) is 0 Å². The molecule has 0 amide bonds. The number of nitrogens with zero attached hydrogens (tertiary/aromatic N) is 4. The van der Waals surface area contributed by atoms with Gasteiger partial charge in [-0.3, -0.25) is 0 Å². The van der Waals surface area contributed by atoms with Crippen molar-refractivity contribution < 1.29 is 23.0 Å². The molecule has 0 aliphatic heterocycles. The number of halogens is 2. The Kier molecular flexibility index (Phi) is 6.63. The highest BCUT2D eigenvalue weighted by molar-refractivity contribution is 5.95. The van der Waals surface area contributed by atoms with Crippen molar-refractivity contribution in [2.24, 2.45) is 0 Å². The predicted octanol–water partition coefficient (Wildman–Crippen LogP) is 5.22. The van der Waals surface area contributed by atoms with Crippen molar-refractivity contribution in [1.82, 2.24) is 19.5 Å². The Balaban J connectivity index is 1.70. The fraction of sp³-hybridized carbons (Fsp3) is 0.280. The number of rotatable bonds is 6. The Labute approximate surface area is 200 Å². The van der Waals surface area contributed by atoms with Crippen molar-refractivity contribution in [3.05, 3.63) is 65.7 Å². The molecule has 2 heterocycles. The zero-order chi connectivity index (χ0) is 25.2. The van der Waals surface area contributed by atoms with E-state index in [1.54, 1.807) is 39.0 Å². The molecule has 0 atom stereocenters. The number of fused-ring (bicyclic) bond motifs is 1. The second-order valence-corrected chi connectivity index (χ2v) is 8.82. The minimum absolute atomic E-state index is 0.0338. The van der Waals surface area contributed by atoms with Crippen molar-refractivity contribution in [2.75, 3.05) is 19.0 Å². The van der Waals surface area contributed by atoms with E-state index in [0.29, 0.717) is 29.6 Å². The van der Waals surface area contributed by atoms with E-state index in [2.05, 4.69) is 20.3 Å². The number of aromatic nitrogens is 4. The maximum atomic E-state index is 13.9. The van der Waals surface area contributed by atoms with E-state index in [1.165, 1.54) is 42.0 Å². The third kappa shape index (κ3) is 5.71. The van der Waals surface area contributed by atoms with Gasteiger partial charge in [-0.2, -0.15) is 15.0 Å². The number of hydrogen-bond donors (Lipinski definition) is 1. The lowest BCUT2D eigenvalue weighted by molar-refractivity contribution is 0.0547. The average molecular weight is 482 g/mol. The van der Waals surface area contributed by atoms with Crippen LogP contribution in [0.25, 0.3) is 22.4 Å². The minimum atomic E-state index is -0.755. The summed E-state index contributed by atoms with van der Waals surface area (Å²) in [5.74, 6) is -0.375. The van der Waals surface area contributed by atoms with Gasteiger partial charge in [0.15, 0.2) is 5.82 Å². The first kappa shape index (κ1) is 24.1. The van der Waals surface area contributed by atoms with Crippen LogP contribution in [0.5, 0.6) is 6.01 Å². The summed E-state index contributed by atoms with van der Waals surface area (Å²) < 4.78 is 39.2. The van der Waals surface area contributed by atoms with Crippen LogP contribution in [0.4, 0.5) is 19.5 Å². The van der Waals surface area contributed by atoms with Crippen molar-refractivity contribution in [3.8, 4) is 17.5 Å². The highest BCUT2D eigenvalue weighted by atomic mass is 19.1. The lowest BCUT2D eigenvalue weighted by Gasteiger charge is -2.20. The zero-order valence-electron chi connectivity index (χ0n) is 19.8. The van der Waals surface area contributed by atoms with Gasteiger partial charge in [0.1, 0.15) is 17.2 Å². The summed E-state index contributed by atoms with van der Waals surface area (Å²) in [7, 11) is 1.42. The summed E-state index contributed by atoms with van der Waals surface area (Å²) in [4.78, 5) is 26.1. The SMILES string of the molecule is COc1nc(NCCc2ccc(F)cc2)nc(-c2cc3cc(F)ccc3n2C(=O)OC(C)(C)C)n1. The van der Waals surface area contributed by atoms with Crippen LogP contribution in [0, 0.1) is 11.6 Å². The number of ether oxygens (including phenoxy) is 2. The number of benzene rings is 2. The van der Waals surface area contributed by atoms with E-state index < -0.39 is 17.5 Å². The number of hydrogen-bond acceptors (Lipinski definition) is 7. The maximum absolute atomic E-state index is 13.9. The van der Waals surface area contributed by atoms with Crippen LogP contribution in [0.15, 0.2) is 48.5 Å². The van der Waals surface area contributed by atoms with Gasteiger partial charge in [0.05, 0.1) is 18.3 Å². The Morgan fingerprint density at radius 2 is 1.71 bits per heavy atom. The van der Waals surface area contributed by atoms with E-state index in [-0.39, 0.29) is 23.6 Å². The summed E-state index contributed by atoms with van der Waals surface area (Å²) in [5.41, 5.74) is 0.921. The number of anilines is 1. The van der Waals surface area contributed by atoms with Crippen LogP contribution >= 0.6 is 0 Å². The standard InChI is InChI=1S/C25H25F2N5O3/c1-25(2,3)35-24(33)32-19-10-9-18(27)13-16(19)14-20(32)21-29-22(31-23(30-21)34-4)28-12-11-15-5-7-17(26)8-6-15/h5-10,13-14H,11-12H2,1-4H3,(H,28,29,30,31). The molecule has 4 aromatic rings. The lowest BCUT2D eigenvalue weighted by atomic mass is 10.1. The largest absolute Gasteiger partial charge is 0.467 e. The van der Waals surface area contributed by atoms with Gasteiger partial charge in [0, 0.05) is 11.9 Å². The van der Waals surface area contributed by atoms with Crippen LogP contribution in [0.1, 0.15) is 26.3 Å². The molecule has 0 unspecified atom stereocenters. The van der Waals surface area contributed by atoms with Gasteiger partial charge < -0.3 is 14.8 Å². The molecule has 0 aliphatic carbocycles. The molecule has 0 radical (unpaired) electrons. The van der Waals surface area contributed by atoms with E-state index in [4.69, 9.17) is 9.47 Å². The Morgan fingerprint density at radius 3 is 2.40 bits per heavy atom. The summed E-state index contributed by atoms with van der Waals surface area (Å²) in [6.07, 6.45) is -0.0551. The molecule has 1 N–H and O–H groups in total. The molecule has 4 rings (SSSR count). The van der Waals surface area contributed by atoms with Crippen LogP contribution in [0.3, 0.4) is 0 Å². The summed E-state index contributed by atoms with van der Waals surface area (Å²) in [6.45, 7) is 5.72. The van der Waals surface area contributed by atoms with Gasteiger partial charge in [-0.25, -0.2) is 18.1 Å². The Hall–Kier alpha value is -4.08. The molecule has 0 fully saturated rings. The molecule has 0 saturated heterocycles. The van der Waals surface area contributed by atoms with Gasteiger partial charge >= 0.3 is 12.1 Å². The molecule has 2 aromatic carbocycles. The summed E-state index contributed by atoms with van der Waals surface area (Å²) >= 11 is 0. The van der Waals surface area contributed by atoms with Crippen LogP contribution in [-0.4, -0.2) is 44.9 Å². The number of carbonyl (C=O) groups excluding carboxylic acids is 1. The smallest absolute Gasteiger partial charge is 0.419 e. The molecule has 10 heteroatoms. The Morgan fingerprint density at radius 1 is 1.00 bits per heavy atom. The normalized spacial score (nSPS) is 11.5. The first-order chi connectivity index (χ1) is 16.6. The van der Waals surface area contributed by atoms with E-state index >= 15 is 0 Å².